The van der Waals surface area contributed by atoms with Crippen molar-refractivity contribution in [1.82, 2.24) is 15.2 Å². The molecule has 1 aromatic heterocycles. The van der Waals surface area contributed by atoms with Crippen LogP contribution in [0.3, 0.4) is 0 Å². The third-order valence-corrected chi connectivity index (χ3v) is 2.81. The van der Waals surface area contributed by atoms with E-state index in [0.29, 0.717) is 5.75 Å². The maximum absolute atomic E-state index is 11.3. The van der Waals surface area contributed by atoms with Gasteiger partial charge in [-0.2, -0.15) is 5.10 Å². The molecule has 0 atom stereocenters. The lowest BCUT2D eigenvalue weighted by Gasteiger charge is -1.92. The third-order valence-electron chi connectivity index (χ3n) is 1.97. The zero-order valence-electron chi connectivity index (χ0n) is 9.27. The minimum atomic E-state index is -0.611. The van der Waals surface area contributed by atoms with E-state index < -0.39 is 11.2 Å². The normalized spacial score (nSPS) is 9.56. The first kappa shape index (κ1) is 12.2. The highest BCUT2D eigenvalue weighted by molar-refractivity contribution is 7.99. The molecule has 1 aromatic carbocycles. The highest BCUT2D eigenvalue weighted by Gasteiger charge is 2.00. The van der Waals surface area contributed by atoms with Crippen molar-refractivity contribution in [1.29, 1.82) is 0 Å². The van der Waals surface area contributed by atoms with Gasteiger partial charge in [0.2, 0.25) is 0 Å². The Hall–Kier alpha value is -2.26. The first-order valence-electron chi connectivity index (χ1n) is 5.11. The van der Waals surface area contributed by atoms with E-state index in [0.717, 1.165) is 5.56 Å². The van der Waals surface area contributed by atoms with Gasteiger partial charge in [0.25, 0.3) is 5.56 Å². The molecule has 2 N–H and O–H groups in total. The van der Waals surface area contributed by atoms with E-state index in [4.69, 9.17) is 0 Å². The number of benzene rings is 1. The summed E-state index contributed by atoms with van der Waals surface area (Å²) in [4.78, 5) is 24.1. The van der Waals surface area contributed by atoms with Crippen molar-refractivity contribution in [3.8, 4) is 11.8 Å². The molecule has 0 spiro atoms. The van der Waals surface area contributed by atoms with E-state index in [9.17, 15) is 9.59 Å². The van der Waals surface area contributed by atoms with Crippen LogP contribution in [0.15, 0.2) is 44.9 Å². The van der Waals surface area contributed by atoms with E-state index in [2.05, 4.69) is 27.0 Å². The molecule has 0 aliphatic rings. The van der Waals surface area contributed by atoms with Crippen LogP contribution in [0.1, 0.15) is 5.56 Å². The summed E-state index contributed by atoms with van der Waals surface area (Å²) in [5.41, 5.74) is -0.189. The maximum atomic E-state index is 11.3. The van der Waals surface area contributed by atoms with Gasteiger partial charge in [0.05, 0.1) is 5.75 Å². The first-order chi connectivity index (χ1) is 8.75. The van der Waals surface area contributed by atoms with Gasteiger partial charge in [-0.3, -0.25) is 9.78 Å². The zero-order chi connectivity index (χ0) is 12.8. The van der Waals surface area contributed by atoms with Crippen LogP contribution in [0.2, 0.25) is 0 Å². The fourth-order valence-electron chi connectivity index (χ4n) is 1.20. The number of aromatic amines is 2. The Morgan fingerprint density at radius 3 is 2.72 bits per heavy atom. The van der Waals surface area contributed by atoms with E-state index in [1.165, 1.54) is 11.8 Å². The number of nitrogens with one attached hydrogen (secondary N) is 2. The second-order valence-electron chi connectivity index (χ2n) is 3.27. The molecule has 6 heteroatoms. The van der Waals surface area contributed by atoms with Crippen molar-refractivity contribution >= 4 is 11.8 Å². The standard InChI is InChI=1S/C12H9N3O2S/c16-10-11(14-15-12(17)13-10)18-8-4-7-9-5-2-1-3-6-9/h1-3,5-6H,8H2,(H2,13,15,16,17). The highest BCUT2D eigenvalue weighted by Crippen LogP contribution is 2.06. The Kier molecular flexibility index (Phi) is 3.99. The Balaban J connectivity index is 1.99. The van der Waals surface area contributed by atoms with Crippen molar-refractivity contribution in [2.45, 2.75) is 5.03 Å². The van der Waals surface area contributed by atoms with Crippen molar-refractivity contribution in [2.24, 2.45) is 0 Å². The fraction of sp³-hybridized carbons (Fsp3) is 0.0833. The monoisotopic (exact) mass is 259 g/mol. The SMILES string of the molecule is O=c1[nH]nc(SCC#Cc2ccccc2)c(=O)[nH]1. The third kappa shape index (κ3) is 3.37. The molecule has 0 aliphatic heterocycles. The van der Waals surface area contributed by atoms with Crippen molar-refractivity contribution in [3.05, 3.63) is 56.7 Å². The summed E-state index contributed by atoms with van der Waals surface area (Å²) in [5, 5.41) is 6.01. The first-order valence-corrected chi connectivity index (χ1v) is 6.10. The summed E-state index contributed by atoms with van der Waals surface area (Å²) in [5.74, 6) is 6.31. The fourth-order valence-corrected chi connectivity index (χ4v) is 1.77. The minimum absolute atomic E-state index is 0.206. The molecule has 2 aromatic rings. The van der Waals surface area contributed by atoms with Gasteiger partial charge < -0.3 is 0 Å². The van der Waals surface area contributed by atoms with E-state index >= 15 is 0 Å². The lowest BCUT2D eigenvalue weighted by atomic mass is 10.2. The molecule has 0 bridgehead atoms. The second-order valence-corrected chi connectivity index (χ2v) is 4.23. The quantitative estimate of drug-likeness (QED) is 0.611. The molecule has 0 amide bonds. The Morgan fingerprint density at radius 2 is 2.00 bits per heavy atom. The van der Waals surface area contributed by atoms with Gasteiger partial charge in [-0.05, 0) is 12.1 Å². The molecule has 0 radical (unpaired) electrons. The van der Waals surface area contributed by atoms with Crippen LogP contribution in [0.4, 0.5) is 0 Å². The molecule has 0 unspecified atom stereocenters. The number of H-pyrrole nitrogens is 2. The van der Waals surface area contributed by atoms with Crippen LogP contribution in [-0.4, -0.2) is 20.9 Å². The van der Waals surface area contributed by atoms with Crippen LogP contribution < -0.4 is 11.2 Å². The van der Waals surface area contributed by atoms with Crippen LogP contribution in [0.5, 0.6) is 0 Å². The largest absolute Gasteiger partial charge is 0.342 e. The lowest BCUT2D eigenvalue weighted by Crippen LogP contribution is -2.25. The van der Waals surface area contributed by atoms with E-state index in [-0.39, 0.29) is 5.03 Å². The average Bonchev–Trinajstić information content (AvgIpc) is 2.38. The van der Waals surface area contributed by atoms with Gasteiger partial charge in [0.15, 0.2) is 5.03 Å². The number of hydrogen-bond donors (Lipinski definition) is 2. The summed E-state index contributed by atoms with van der Waals surface area (Å²) in [6.07, 6.45) is 0. The van der Waals surface area contributed by atoms with Crippen molar-refractivity contribution in [3.63, 3.8) is 0 Å². The molecule has 90 valence electrons. The predicted octanol–water partition coefficient (Wildman–Crippen LogP) is 0.602. The van der Waals surface area contributed by atoms with Crippen LogP contribution in [0, 0.1) is 11.8 Å². The van der Waals surface area contributed by atoms with Crippen molar-refractivity contribution in [2.75, 3.05) is 5.75 Å². The van der Waals surface area contributed by atoms with Gasteiger partial charge >= 0.3 is 5.69 Å². The molecule has 18 heavy (non-hydrogen) atoms. The minimum Gasteiger partial charge on any atom is -0.271 e. The molecule has 0 saturated heterocycles. The average molecular weight is 259 g/mol. The molecule has 0 fully saturated rings. The van der Waals surface area contributed by atoms with Crippen LogP contribution >= 0.6 is 11.8 Å². The lowest BCUT2D eigenvalue weighted by molar-refractivity contribution is 0.807. The number of nitrogens with zero attached hydrogens (tertiary/aromatic N) is 1. The van der Waals surface area contributed by atoms with Gasteiger partial charge in [0, 0.05) is 5.56 Å². The maximum Gasteiger partial charge on any atom is 0.342 e. The number of hydrogen-bond acceptors (Lipinski definition) is 4. The molecule has 2 rings (SSSR count). The number of thioether (sulfide) groups is 1. The summed E-state index contributed by atoms with van der Waals surface area (Å²) in [7, 11) is 0. The predicted molar refractivity (Wildman–Crippen MR) is 69.5 cm³/mol. The molecule has 0 aliphatic carbocycles. The second kappa shape index (κ2) is 5.89. The Morgan fingerprint density at radius 1 is 1.22 bits per heavy atom. The number of rotatable bonds is 2. The summed E-state index contributed by atoms with van der Waals surface area (Å²) < 4.78 is 0. The molecule has 0 saturated carbocycles. The summed E-state index contributed by atoms with van der Waals surface area (Å²) >= 11 is 1.18. The van der Waals surface area contributed by atoms with Crippen LogP contribution in [0.25, 0.3) is 0 Å². The number of aromatic nitrogens is 3. The van der Waals surface area contributed by atoms with Crippen LogP contribution in [-0.2, 0) is 0 Å². The molecule has 1 heterocycles. The summed E-state index contributed by atoms with van der Waals surface area (Å²) in [6, 6.07) is 9.55. The Bertz CT molecular complexity index is 695. The molecule has 5 nitrogen and oxygen atoms in total. The summed E-state index contributed by atoms with van der Waals surface area (Å²) in [6.45, 7) is 0. The Labute approximate surface area is 107 Å². The van der Waals surface area contributed by atoms with E-state index in [1.54, 1.807) is 0 Å². The van der Waals surface area contributed by atoms with Gasteiger partial charge in [0.1, 0.15) is 0 Å². The smallest absolute Gasteiger partial charge is 0.271 e. The van der Waals surface area contributed by atoms with Crippen molar-refractivity contribution < 1.29 is 0 Å². The van der Waals surface area contributed by atoms with Gasteiger partial charge in [-0.25, -0.2) is 9.89 Å². The molecular formula is C12H9N3O2S. The highest BCUT2D eigenvalue weighted by atomic mass is 32.2. The zero-order valence-corrected chi connectivity index (χ0v) is 10.1. The van der Waals surface area contributed by atoms with Gasteiger partial charge in [-0.1, -0.05) is 41.8 Å². The van der Waals surface area contributed by atoms with E-state index in [1.807, 2.05) is 30.3 Å². The van der Waals surface area contributed by atoms with Gasteiger partial charge in [-0.15, -0.1) is 0 Å². The topological polar surface area (TPSA) is 78.6 Å². The molecular weight excluding hydrogens is 250 g/mol.